The number of esters is 2. The molecule has 0 N–H and O–H groups in total. The van der Waals surface area contributed by atoms with E-state index in [-0.39, 0.29) is 25.2 Å². The van der Waals surface area contributed by atoms with Gasteiger partial charge in [0.2, 0.25) is 0 Å². The lowest BCUT2D eigenvalue weighted by atomic mass is 10.1. The van der Waals surface area contributed by atoms with Crippen molar-refractivity contribution in [1.82, 2.24) is 0 Å². The fourth-order valence-corrected chi connectivity index (χ4v) is 7.44. The summed E-state index contributed by atoms with van der Waals surface area (Å²) in [6, 6.07) is 0. The van der Waals surface area contributed by atoms with Gasteiger partial charge < -0.3 is 14.2 Å². The van der Waals surface area contributed by atoms with E-state index in [0.29, 0.717) is 19.4 Å². The average molecular weight is 968 g/mol. The molecular formula is C65H106O5. The van der Waals surface area contributed by atoms with Crippen LogP contribution in [0.3, 0.4) is 0 Å². The predicted octanol–water partition coefficient (Wildman–Crippen LogP) is 19.9. The van der Waals surface area contributed by atoms with Gasteiger partial charge in [0.15, 0.2) is 6.10 Å². The van der Waals surface area contributed by atoms with Gasteiger partial charge >= 0.3 is 11.9 Å². The zero-order chi connectivity index (χ0) is 50.6. The van der Waals surface area contributed by atoms with E-state index < -0.39 is 6.10 Å². The monoisotopic (exact) mass is 967 g/mol. The highest BCUT2D eigenvalue weighted by Crippen LogP contribution is 2.13. The van der Waals surface area contributed by atoms with Gasteiger partial charge in [-0.25, -0.2) is 0 Å². The van der Waals surface area contributed by atoms with Crippen LogP contribution >= 0.6 is 0 Å². The van der Waals surface area contributed by atoms with Crippen LogP contribution in [0.25, 0.3) is 0 Å². The minimum Gasteiger partial charge on any atom is -0.462 e. The molecule has 0 aliphatic heterocycles. The molecule has 0 aromatic heterocycles. The largest absolute Gasteiger partial charge is 0.462 e. The van der Waals surface area contributed by atoms with Crippen LogP contribution in [0.5, 0.6) is 0 Å². The molecule has 1 atom stereocenters. The SMILES string of the molecule is CC/C=C\C/C=C\C/C=C\C/C=C\C/C=C\CCCCCC(=O)OCC(COCCCC/C=C\C/C=C\C/C=C\C/C=C\C/C=C\CC)OC(=O)CCCCCCCCC/C=C\CCCCCCCC. The summed E-state index contributed by atoms with van der Waals surface area (Å²) in [5, 5.41) is 0. The Morgan fingerprint density at radius 1 is 0.329 bits per heavy atom. The van der Waals surface area contributed by atoms with Crippen molar-refractivity contribution in [2.24, 2.45) is 0 Å². The summed E-state index contributed by atoms with van der Waals surface area (Å²) in [6.07, 6.45) is 84.8. The topological polar surface area (TPSA) is 61.8 Å². The maximum atomic E-state index is 12.9. The third kappa shape index (κ3) is 56.6. The molecule has 0 bridgehead atoms. The van der Waals surface area contributed by atoms with Crippen LogP contribution in [0, 0.1) is 0 Å². The molecule has 0 amide bonds. The summed E-state index contributed by atoms with van der Waals surface area (Å²) in [7, 11) is 0. The Morgan fingerprint density at radius 2 is 0.643 bits per heavy atom. The number of carbonyl (C=O) groups excluding carboxylic acids is 2. The van der Waals surface area contributed by atoms with Gasteiger partial charge in [0.1, 0.15) is 6.61 Å². The molecule has 0 saturated carbocycles. The van der Waals surface area contributed by atoms with Gasteiger partial charge in [0.25, 0.3) is 0 Å². The molecule has 5 heteroatoms. The van der Waals surface area contributed by atoms with E-state index in [1.807, 2.05) is 0 Å². The summed E-state index contributed by atoms with van der Waals surface area (Å²) >= 11 is 0. The second kappa shape index (κ2) is 59.3. The van der Waals surface area contributed by atoms with Gasteiger partial charge in [-0.2, -0.15) is 0 Å². The maximum Gasteiger partial charge on any atom is 0.306 e. The summed E-state index contributed by atoms with van der Waals surface area (Å²) in [5.74, 6) is -0.469. The predicted molar refractivity (Wildman–Crippen MR) is 306 cm³/mol. The highest BCUT2D eigenvalue weighted by molar-refractivity contribution is 5.70. The van der Waals surface area contributed by atoms with Crippen molar-refractivity contribution in [3.63, 3.8) is 0 Å². The van der Waals surface area contributed by atoms with Crippen LogP contribution in [0.4, 0.5) is 0 Å². The maximum absolute atomic E-state index is 12.9. The molecule has 1 unspecified atom stereocenters. The zero-order valence-corrected chi connectivity index (χ0v) is 45.5. The summed E-state index contributed by atoms with van der Waals surface area (Å²) < 4.78 is 17.4. The quantitative estimate of drug-likeness (QED) is 0.0345. The first-order chi connectivity index (χ1) is 34.6. The summed E-state index contributed by atoms with van der Waals surface area (Å²) in [6.45, 7) is 7.45. The van der Waals surface area contributed by atoms with Crippen molar-refractivity contribution < 1.29 is 23.8 Å². The summed E-state index contributed by atoms with van der Waals surface area (Å²) in [5.41, 5.74) is 0. The molecule has 5 nitrogen and oxygen atoms in total. The van der Waals surface area contributed by atoms with Crippen molar-refractivity contribution in [3.05, 3.63) is 134 Å². The third-order valence-corrected chi connectivity index (χ3v) is 11.7. The van der Waals surface area contributed by atoms with Crippen LogP contribution in [0.1, 0.15) is 239 Å². The average Bonchev–Trinajstić information content (AvgIpc) is 3.36. The van der Waals surface area contributed by atoms with Crippen LogP contribution < -0.4 is 0 Å². The Hall–Kier alpha value is -3.96. The van der Waals surface area contributed by atoms with Gasteiger partial charge in [-0.15, -0.1) is 0 Å². The lowest BCUT2D eigenvalue weighted by molar-refractivity contribution is -0.163. The Morgan fingerprint density at radius 3 is 1.06 bits per heavy atom. The summed E-state index contributed by atoms with van der Waals surface area (Å²) in [4.78, 5) is 25.5. The van der Waals surface area contributed by atoms with E-state index in [1.54, 1.807) is 0 Å². The van der Waals surface area contributed by atoms with Gasteiger partial charge in [-0.1, -0.05) is 225 Å². The van der Waals surface area contributed by atoms with Crippen molar-refractivity contribution in [2.45, 2.75) is 245 Å². The third-order valence-electron chi connectivity index (χ3n) is 11.7. The number of hydrogen-bond acceptors (Lipinski definition) is 5. The molecular weight excluding hydrogens is 861 g/mol. The molecule has 0 spiro atoms. The lowest BCUT2D eigenvalue weighted by Crippen LogP contribution is -2.30. The standard InChI is InChI=1S/C65H106O5/c1-4-7-10-13-16-19-22-25-28-31-33-35-37-40-43-46-49-52-55-58-64(66)69-62-63(61-68-60-57-54-51-48-45-42-39-36-32-29-26-23-20-17-14-11-8-5-2)70-65(67)59-56-53-50-47-44-41-38-34-30-27-24-21-18-15-12-9-6-3/h7-8,10-11,16-17,19-20,25-30,33,35-36,39-40,43,45,48,63H,4-6,9,12-15,18,21-24,31-32,34,37-38,41-42,44,46-47,49-62H2,1-3H3/b10-7-,11-8-,19-16-,20-17-,28-25-,29-26-,30-27-,35-33-,39-36-,43-40-,48-45-. The minimum absolute atomic E-state index is 0.0406. The molecule has 0 fully saturated rings. The van der Waals surface area contributed by atoms with Gasteiger partial charge in [-0.05, 0) is 135 Å². The second-order valence-corrected chi connectivity index (χ2v) is 18.4. The fourth-order valence-electron chi connectivity index (χ4n) is 7.44. The van der Waals surface area contributed by atoms with Crippen molar-refractivity contribution in [1.29, 1.82) is 0 Å². The van der Waals surface area contributed by atoms with E-state index in [2.05, 4.69) is 154 Å². The molecule has 0 aromatic rings. The molecule has 0 saturated heterocycles. The highest BCUT2D eigenvalue weighted by Gasteiger charge is 2.17. The number of hydrogen-bond donors (Lipinski definition) is 0. The van der Waals surface area contributed by atoms with E-state index in [0.717, 1.165) is 128 Å². The van der Waals surface area contributed by atoms with Crippen molar-refractivity contribution in [3.8, 4) is 0 Å². The Bertz CT molecular complexity index is 1470. The van der Waals surface area contributed by atoms with Gasteiger partial charge in [0.05, 0.1) is 6.61 Å². The first-order valence-corrected chi connectivity index (χ1v) is 28.7. The van der Waals surface area contributed by atoms with Crippen LogP contribution in [-0.2, 0) is 23.8 Å². The first kappa shape index (κ1) is 66.0. The second-order valence-electron chi connectivity index (χ2n) is 18.4. The zero-order valence-electron chi connectivity index (χ0n) is 45.5. The molecule has 396 valence electrons. The van der Waals surface area contributed by atoms with Crippen LogP contribution in [0.2, 0.25) is 0 Å². The first-order valence-electron chi connectivity index (χ1n) is 28.7. The van der Waals surface area contributed by atoms with E-state index in [4.69, 9.17) is 14.2 Å². The van der Waals surface area contributed by atoms with Crippen molar-refractivity contribution in [2.75, 3.05) is 19.8 Å². The van der Waals surface area contributed by atoms with Crippen LogP contribution in [0.15, 0.2) is 134 Å². The Balaban J connectivity index is 4.45. The lowest BCUT2D eigenvalue weighted by Gasteiger charge is -2.18. The number of ether oxygens (including phenoxy) is 3. The molecule has 0 rings (SSSR count). The van der Waals surface area contributed by atoms with Crippen LogP contribution in [-0.4, -0.2) is 37.9 Å². The number of allylic oxidation sites excluding steroid dienone is 22. The Kier molecular flexibility index (Phi) is 56.0. The molecule has 0 heterocycles. The fraction of sp³-hybridized carbons (Fsp3) is 0.631. The van der Waals surface area contributed by atoms with Crippen molar-refractivity contribution >= 4 is 11.9 Å². The number of unbranched alkanes of at least 4 members (excludes halogenated alkanes) is 18. The normalized spacial score (nSPS) is 13.2. The van der Waals surface area contributed by atoms with E-state index in [9.17, 15) is 9.59 Å². The van der Waals surface area contributed by atoms with E-state index in [1.165, 1.54) is 77.0 Å². The molecule has 0 aromatic carbocycles. The molecule has 0 radical (unpaired) electrons. The smallest absolute Gasteiger partial charge is 0.306 e. The Labute approximate surface area is 432 Å². The molecule has 0 aliphatic carbocycles. The number of carbonyl (C=O) groups is 2. The van der Waals surface area contributed by atoms with E-state index >= 15 is 0 Å². The van der Waals surface area contributed by atoms with Gasteiger partial charge in [0, 0.05) is 19.4 Å². The molecule has 0 aliphatic rings. The number of rotatable bonds is 51. The minimum atomic E-state index is -0.586. The highest BCUT2D eigenvalue weighted by atomic mass is 16.6. The van der Waals surface area contributed by atoms with Gasteiger partial charge in [-0.3, -0.25) is 9.59 Å². The molecule has 70 heavy (non-hydrogen) atoms.